The molecule has 0 amide bonds. The van der Waals surface area contributed by atoms with Crippen LogP contribution in [-0.4, -0.2) is 35.8 Å². The van der Waals surface area contributed by atoms with Crippen molar-refractivity contribution in [3.63, 3.8) is 0 Å². The summed E-state index contributed by atoms with van der Waals surface area (Å²) >= 11 is 0. The van der Waals surface area contributed by atoms with Crippen LogP contribution in [0.3, 0.4) is 0 Å². The SMILES string of the molecule is C=C(c1c(C(C)(C)C)ccc(N=C(N)C(N)=N[C@H](CC)c2ccc(C)o2)c1O)N(C)C. The van der Waals surface area contributed by atoms with E-state index < -0.39 is 0 Å². The van der Waals surface area contributed by atoms with E-state index in [9.17, 15) is 5.11 Å². The molecular weight excluding hydrogens is 390 g/mol. The van der Waals surface area contributed by atoms with Crippen molar-refractivity contribution in [1.82, 2.24) is 4.90 Å². The number of nitrogens with zero attached hydrogens (tertiary/aromatic N) is 3. The van der Waals surface area contributed by atoms with Crippen molar-refractivity contribution in [2.24, 2.45) is 21.5 Å². The van der Waals surface area contributed by atoms with Crippen LogP contribution in [0.15, 0.2) is 45.2 Å². The number of aliphatic imine (C=N–C) groups is 2. The second kappa shape index (κ2) is 9.29. The summed E-state index contributed by atoms with van der Waals surface area (Å²) in [6.07, 6.45) is 0.694. The van der Waals surface area contributed by atoms with Crippen molar-refractivity contribution in [3.05, 3.63) is 53.5 Å². The number of rotatable bonds is 6. The summed E-state index contributed by atoms with van der Waals surface area (Å²) < 4.78 is 5.67. The second-order valence-electron chi connectivity index (χ2n) is 8.83. The Labute approximate surface area is 185 Å². The molecule has 168 valence electrons. The first-order valence-electron chi connectivity index (χ1n) is 10.3. The number of furan rings is 1. The average molecular weight is 426 g/mol. The summed E-state index contributed by atoms with van der Waals surface area (Å²) in [7, 11) is 3.76. The highest BCUT2D eigenvalue weighted by atomic mass is 16.3. The lowest BCUT2D eigenvalue weighted by Crippen LogP contribution is -2.31. The fourth-order valence-corrected chi connectivity index (χ4v) is 3.22. The first-order chi connectivity index (χ1) is 14.4. The first kappa shape index (κ1) is 24.1. The fraction of sp³-hybridized carbons (Fsp3) is 0.417. The van der Waals surface area contributed by atoms with Crippen molar-refractivity contribution in [3.8, 4) is 5.75 Å². The van der Waals surface area contributed by atoms with Crippen LogP contribution in [-0.2, 0) is 5.41 Å². The van der Waals surface area contributed by atoms with Crippen molar-refractivity contribution in [2.75, 3.05) is 14.1 Å². The molecule has 1 aromatic heterocycles. The lowest BCUT2D eigenvalue weighted by Gasteiger charge is -2.27. The third-order valence-corrected chi connectivity index (χ3v) is 5.07. The average Bonchev–Trinajstić information content (AvgIpc) is 3.11. The summed E-state index contributed by atoms with van der Waals surface area (Å²) in [5, 5.41) is 11.0. The van der Waals surface area contributed by atoms with Gasteiger partial charge in [0.1, 0.15) is 23.2 Å². The molecule has 0 unspecified atom stereocenters. The lowest BCUT2D eigenvalue weighted by atomic mass is 9.82. The minimum Gasteiger partial charge on any atom is -0.505 e. The van der Waals surface area contributed by atoms with Gasteiger partial charge >= 0.3 is 0 Å². The molecule has 2 rings (SSSR count). The van der Waals surface area contributed by atoms with Crippen molar-refractivity contribution in [1.29, 1.82) is 0 Å². The number of aromatic hydroxyl groups is 1. The molecule has 2 aromatic rings. The molecule has 0 radical (unpaired) electrons. The van der Waals surface area contributed by atoms with Crippen LogP contribution in [0.4, 0.5) is 5.69 Å². The zero-order valence-corrected chi connectivity index (χ0v) is 19.7. The topological polar surface area (TPSA) is 113 Å². The largest absolute Gasteiger partial charge is 0.505 e. The van der Waals surface area contributed by atoms with E-state index in [1.807, 2.05) is 51.0 Å². The maximum Gasteiger partial charge on any atom is 0.166 e. The molecule has 0 saturated carbocycles. The van der Waals surface area contributed by atoms with Gasteiger partial charge in [-0.25, -0.2) is 4.99 Å². The van der Waals surface area contributed by atoms with Gasteiger partial charge in [-0.05, 0) is 42.5 Å². The third-order valence-electron chi connectivity index (χ3n) is 5.07. The molecule has 0 bridgehead atoms. The molecule has 0 aliphatic rings. The van der Waals surface area contributed by atoms with E-state index in [0.717, 1.165) is 17.1 Å². The summed E-state index contributed by atoms with van der Waals surface area (Å²) in [5.74, 6) is 1.66. The second-order valence-corrected chi connectivity index (χ2v) is 8.83. The van der Waals surface area contributed by atoms with Crippen LogP contribution < -0.4 is 11.5 Å². The number of phenols is 1. The molecule has 7 heteroatoms. The molecular formula is C24H35N5O2. The maximum atomic E-state index is 11.0. The highest BCUT2D eigenvalue weighted by molar-refractivity contribution is 6.39. The van der Waals surface area contributed by atoms with Gasteiger partial charge in [0, 0.05) is 25.4 Å². The van der Waals surface area contributed by atoms with Crippen molar-refractivity contribution < 1.29 is 9.52 Å². The Bertz CT molecular complexity index is 1010. The minimum atomic E-state index is -0.261. The van der Waals surface area contributed by atoms with E-state index in [1.165, 1.54) is 0 Å². The normalized spacial score (nSPS) is 13.9. The van der Waals surface area contributed by atoms with Gasteiger partial charge < -0.3 is 25.9 Å². The van der Waals surface area contributed by atoms with Crippen LogP contribution in [0, 0.1) is 6.92 Å². The van der Waals surface area contributed by atoms with E-state index in [0.29, 0.717) is 23.4 Å². The van der Waals surface area contributed by atoms with Crippen LogP contribution in [0.2, 0.25) is 0 Å². The van der Waals surface area contributed by atoms with Gasteiger partial charge in [0.2, 0.25) is 0 Å². The van der Waals surface area contributed by atoms with Crippen LogP contribution in [0.25, 0.3) is 5.70 Å². The Morgan fingerprint density at radius 2 is 1.81 bits per heavy atom. The molecule has 0 saturated heterocycles. The number of hydrogen-bond acceptors (Lipinski definition) is 5. The monoisotopic (exact) mass is 425 g/mol. The maximum absolute atomic E-state index is 11.0. The van der Waals surface area contributed by atoms with Crippen molar-refractivity contribution >= 4 is 23.1 Å². The Morgan fingerprint density at radius 3 is 2.29 bits per heavy atom. The number of amidine groups is 2. The minimum absolute atomic E-state index is 0.00979. The summed E-state index contributed by atoms with van der Waals surface area (Å²) in [6.45, 7) is 14.2. The Morgan fingerprint density at radius 1 is 1.16 bits per heavy atom. The van der Waals surface area contributed by atoms with E-state index in [-0.39, 0.29) is 28.9 Å². The number of aryl methyl sites for hydroxylation is 1. The predicted octanol–water partition coefficient (Wildman–Crippen LogP) is 4.62. The Kier molecular flexibility index (Phi) is 7.21. The molecule has 1 atom stereocenters. The molecule has 1 heterocycles. The Balaban J connectivity index is 2.50. The van der Waals surface area contributed by atoms with Gasteiger partial charge in [0.05, 0.1) is 0 Å². The third kappa shape index (κ3) is 5.48. The molecule has 5 N–H and O–H groups in total. The number of hydrogen-bond donors (Lipinski definition) is 3. The molecule has 1 aromatic carbocycles. The highest BCUT2D eigenvalue weighted by Gasteiger charge is 2.25. The van der Waals surface area contributed by atoms with E-state index in [4.69, 9.17) is 15.9 Å². The molecule has 0 spiro atoms. The van der Waals surface area contributed by atoms with Gasteiger partial charge in [0.25, 0.3) is 0 Å². The quantitative estimate of drug-likeness (QED) is 0.461. The van der Waals surface area contributed by atoms with Gasteiger partial charge in [-0.3, -0.25) is 4.99 Å². The van der Waals surface area contributed by atoms with E-state index >= 15 is 0 Å². The van der Waals surface area contributed by atoms with E-state index in [2.05, 4.69) is 37.3 Å². The number of phenolic OH excluding ortho intramolecular Hbond substituents is 1. The van der Waals surface area contributed by atoms with Gasteiger partial charge in [-0.1, -0.05) is 40.3 Å². The fourth-order valence-electron chi connectivity index (χ4n) is 3.22. The first-order valence-corrected chi connectivity index (χ1v) is 10.3. The Hall–Kier alpha value is -3.22. The molecule has 0 aliphatic heterocycles. The predicted molar refractivity (Wildman–Crippen MR) is 129 cm³/mol. The van der Waals surface area contributed by atoms with Gasteiger partial charge in [0.15, 0.2) is 17.4 Å². The van der Waals surface area contributed by atoms with Crippen LogP contribution in [0.5, 0.6) is 5.75 Å². The zero-order valence-electron chi connectivity index (χ0n) is 19.7. The summed E-state index contributed by atoms with van der Waals surface area (Å²) in [5.41, 5.74) is 14.6. The number of benzene rings is 1. The lowest BCUT2D eigenvalue weighted by molar-refractivity contribution is 0.442. The van der Waals surface area contributed by atoms with Crippen LogP contribution in [0.1, 0.15) is 62.8 Å². The molecule has 0 fully saturated rings. The van der Waals surface area contributed by atoms with E-state index in [1.54, 1.807) is 6.07 Å². The number of nitrogens with two attached hydrogens (primary N) is 2. The van der Waals surface area contributed by atoms with Crippen LogP contribution >= 0.6 is 0 Å². The summed E-state index contributed by atoms with van der Waals surface area (Å²) in [4.78, 5) is 10.7. The van der Waals surface area contributed by atoms with Gasteiger partial charge in [-0.15, -0.1) is 0 Å². The van der Waals surface area contributed by atoms with Gasteiger partial charge in [-0.2, -0.15) is 0 Å². The van der Waals surface area contributed by atoms with Crippen molar-refractivity contribution in [2.45, 2.75) is 52.5 Å². The standard InChI is InChI=1S/C24H35N5O2/c1-9-17(19-13-10-14(2)31-19)27-22(25)23(26)28-18-12-11-16(24(4,5)6)20(21(18)30)15(3)29(7)8/h10-13,17,30H,3,9H2,1-2,4-8H3,(H2,25,27)(H2,26,28)/t17-/m1/s1. The highest BCUT2D eigenvalue weighted by Crippen LogP contribution is 2.41. The molecule has 0 aliphatic carbocycles. The smallest absolute Gasteiger partial charge is 0.166 e. The molecule has 7 nitrogen and oxygen atoms in total. The molecule has 31 heavy (non-hydrogen) atoms. The zero-order chi connectivity index (χ0) is 23.5. The summed E-state index contributed by atoms with van der Waals surface area (Å²) in [6, 6.07) is 7.17.